The smallest absolute Gasteiger partial charge is 0.237 e. The highest BCUT2D eigenvalue weighted by Gasteiger charge is 2.22. The molecule has 6 heteroatoms. The Kier molecular flexibility index (Phi) is 2.11. The summed E-state index contributed by atoms with van der Waals surface area (Å²) in [6, 6.07) is 0. The number of thiol groups is 1. The Morgan fingerprint density at radius 2 is 1.93 bits per heavy atom. The van der Waals surface area contributed by atoms with E-state index in [1.807, 2.05) is 20.8 Å². The highest BCUT2D eigenvalue weighted by atomic mass is 32.1. The molecule has 1 N–H and O–H groups in total. The van der Waals surface area contributed by atoms with Crippen LogP contribution < -0.4 is 0 Å². The van der Waals surface area contributed by atoms with Crippen molar-refractivity contribution >= 4 is 23.7 Å². The fourth-order valence-corrected chi connectivity index (χ4v) is 1.54. The minimum Gasteiger partial charge on any atom is -0.492 e. The van der Waals surface area contributed by atoms with Gasteiger partial charge in [0.1, 0.15) is 16.9 Å². The van der Waals surface area contributed by atoms with Gasteiger partial charge in [0.25, 0.3) is 0 Å². The molecule has 0 bridgehead atoms. The molecule has 0 aliphatic carbocycles. The van der Waals surface area contributed by atoms with Gasteiger partial charge in [-0.3, -0.25) is 0 Å². The second-order valence-electron chi connectivity index (χ2n) is 4.30. The van der Waals surface area contributed by atoms with E-state index in [2.05, 4.69) is 27.7 Å². The third-order valence-corrected chi connectivity index (χ3v) is 2.38. The Morgan fingerprint density at radius 3 is 2.47 bits per heavy atom. The molecule has 2 heterocycles. The van der Waals surface area contributed by atoms with Crippen LogP contribution in [0.1, 0.15) is 20.8 Å². The lowest BCUT2D eigenvalue weighted by Gasteiger charge is -2.19. The molecule has 5 nitrogen and oxygen atoms in total. The molecule has 0 fully saturated rings. The van der Waals surface area contributed by atoms with Crippen LogP contribution in [0.2, 0.25) is 0 Å². The molecule has 80 valence electrons. The highest BCUT2D eigenvalue weighted by molar-refractivity contribution is 7.80. The van der Waals surface area contributed by atoms with Gasteiger partial charge in [0.2, 0.25) is 5.88 Å². The molecule has 0 aliphatic heterocycles. The zero-order chi connectivity index (χ0) is 11.2. The molecule has 0 aliphatic rings. The van der Waals surface area contributed by atoms with Gasteiger partial charge < -0.3 is 5.11 Å². The number of rotatable bonds is 0. The molecule has 2 aromatic heterocycles. The van der Waals surface area contributed by atoms with Crippen molar-refractivity contribution < 1.29 is 5.11 Å². The fourth-order valence-electron chi connectivity index (χ4n) is 1.34. The summed E-state index contributed by atoms with van der Waals surface area (Å²) >= 11 is 4.17. The van der Waals surface area contributed by atoms with Crippen molar-refractivity contribution in [1.29, 1.82) is 0 Å². The topological polar surface area (TPSA) is 63.8 Å². The van der Waals surface area contributed by atoms with Crippen molar-refractivity contribution in [1.82, 2.24) is 19.7 Å². The van der Waals surface area contributed by atoms with E-state index in [0.29, 0.717) is 16.1 Å². The zero-order valence-electron chi connectivity index (χ0n) is 8.76. The second-order valence-corrected chi connectivity index (χ2v) is 4.72. The third kappa shape index (κ3) is 1.54. The first-order valence-electron chi connectivity index (χ1n) is 4.53. The maximum Gasteiger partial charge on any atom is 0.237 e. The van der Waals surface area contributed by atoms with Crippen LogP contribution in [-0.4, -0.2) is 24.9 Å². The van der Waals surface area contributed by atoms with Crippen molar-refractivity contribution in [3.63, 3.8) is 0 Å². The van der Waals surface area contributed by atoms with Gasteiger partial charge in [0.05, 0.1) is 5.54 Å². The van der Waals surface area contributed by atoms with Crippen molar-refractivity contribution in [2.45, 2.75) is 31.3 Å². The van der Waals surface area contributed by atoms with Gasteiger partial charge in [-0.1, -0.05) is 0 Å². The maximum absolute atomic E-state index is 9.93. The lowest BCUT2D eigenvalue weighted by molar-refractivity contribution is 0.297. The lowest BCUT2D eigenvalue weighted by atomic mass is 10.1. The predicted octanol–water partition coefficient (Wildman–Crippen LogP) is 1.58. The Labute approximate surface area is 92.6 Å². The van der Waals surface area contributed by atoms with Crippen LogP contribution in [-0.2, 0) is 5.54 Å². The molecule has 0 saturated heterocycles. The second kappa shape index (κ2) is 3.10. The van der Waals surface area contributed by atoms with Crippen molar-refractivity contribution in [2.75, 3.05) is 0 Å². The minimum atomic E-state index is -0.301. The van der Waals surface area contributed by atoms with E-state index in [9.17, 15) is 5.11 Å². The summed E-state index contributed by atoms with van der Waals surface area (Å²) in [4.78, 5) is 7.89. The quantitative estimate of drug-likeness (QED) is 0.526. The summed E-state index contributed by atoms with van der Waals surface area (Å²) < 4.78 is 1.52. The highest BCUT2D eigenvalue weighted by Crippen LogP contribution is 2.29. The number of hydrogen-bond donors (Lipinski definition) is 2. The number of aromatic nitrogens is 4. The molecule has 0 unspecified atom stereocenters. The molecular formula is C9H12N4OS. The first-order chi connectivity index (χ1) is 6.91. The van der Waals surface area contributed by atoms with Gasteiger partial charge >= 0.3 is 0 Å². The first-order valence-corrected chi connectivity index (χ1v) is 4.98. The summed E-state index contributed by atoms with van der Waals surface area (Å²) in [5.74, 6) is 0.0511. The first kappa shape index (κ1) is 10.2. The van der Waals surface area contributed by atoms with Crippen LogP contribution in [0.4, 0.5) is 0 Å². The van der Waals surface area contributed by atoms with Crippen LogP contribution in [0, 0.1) is 0 Å². The van der Waals surface area contributed by atoms with Gasteiger partial charge in [-0.15, -0.1) is 12.6 Å². The van der Waals surface area contributed by atoms with E-state index in [1.165, 1.54) is 11.0 Å². The molecule has 0 spiro atoms. The number of nitrogens with zero attached hydrogens (tertiary/aromatic N) is 4. The van der Waals surface area contributed by atoms with Crippen LogP contribution in [0.5, 0.6) is 5.88 Å². The van der Waals surface area contributed by atoms with E-state index in [4.69, 9.17) is 0 Å². The summed E-state index contributed by atoms with van der Waals surface area (Å²) in [5, 5.41) is 14.6. The molecule has 0 amide bonds. The summed E-state index contributed by atoms with van der Waals surface area (Å²) in [6.07, 6.45) is 1.36. The van der Waals surface area contributed by atoms with Crippen LogP contribution >= 0.6 is 12.6 Å². The van der Waals surface area contributed by atoms with Crippen LogP contribution in [0.15, 0.2) is 11.4 Å². The number of aromatic hydroxyl groups is 1. The normalized spacial score (nSPS) is 12.3. The molecule has 15 heavy (non-hydrogen) atoms. The van der Waals surface area contributed by atoms with Gasteiger partial charge in [-0.25, -0.2) is 14.6 Å². The van der Waals surface area contributed by atoms with Crippen molar-refractivity contribution in [3.05, 3.63) is 6.33 Å². The largest absolute Gasteiger partial charge is 0.492 e. The van der Waals surface area contributed by atoms with Crippen molar-refractivity contribution in [2.24, 2.45) is 0 Å². The average molecular weight is 224 g/mol. The summed E-state index contributed by atoms with van der Waals surface area (Å²) in [7, 11) is 0. The Balaban J connectivity index is 2.81. The predicted molar refractivity (Wildman–Crippen MR) is 59.2 cm³/mol. The molecule has 2 rings (SSSR count). The standard InChI is InChI=1S/C9H12N4OS/c1-9(2,3)13-8(14)6-5(12-13)7(15)11-4-10-6/h4,14H,1-3H3,(H,10,11,15). The SMILES string of the molecule is CC(C)(C)n1nc2c(S)ncnc2c1O. The molecule has 2 aromatic rings. The van der Waals surface area contributed by atoms with E-state index in [0.717, 1.165) is 0 Å². The van der Waals surface area contributed by atoms with Gasteiger partial charge in [-0.2, -0.15) is 5.10 Å². The van der Waals surface area contributed by atoms with Gasteiger partial charge in [0.15, 0.2) is 5.52 Å². The van der Waals surface area contributed by atoms with E-state index >= 15 is 0 Å². The summed E-state index contributed by atoms with van der Waals surface area (Å²) in [5.41, 5.74) is 0.656. The molecule has 0 aromatic carbocycles. The maximum atomic E-state index is 9.93. The number of hydrogen-bond acceptors (Lipinski definition) is 5. The molecule has 0 atom stereocenters. The molecule has 0 saturated carbocycles. The Morgan fingerprint density at radius 1 is 1.27 bits per heavy atom. The van der Waals surface area contributed by atoms with E-state index in [-0.39, 0.29) is 11.4 Å². The summed E-state index contributed by atoms with van der Waals surface area (Å²) in [6.45, 7) is 5.85. The van der Waals surface area contributed by atoms with Gasteiger partial charge in [-0.05, 0) is 20.8 Å². The third-order valence-electron chi connectivity index (χ3n) is 2.05. The van der Waals surface area contributed by atoms with Gasteiger partial charge in [0, 0.05) is 0 Å². The molecular weight excluding hydrogens is 212 g/mol. The average Bonchev–Trinajstić information content (AvgIpc) is 2.45. The van der Waals surface area contributed by atoms with Crippen LogP contribution in [0.3, 0.4) is 0 Å². The number of fused-ring (bicyclic) bond motifs is 1. The molecule has 0 radical (unpaired) electrons. The minimum absolute atomic E-state index is 0.0511. The monoisotopic (exact) mass is 224 g/mol. The van der Waals surface area contributed by atoms with E-state index < -0.39 is 0 Å². The van der Waals surface area contributed by atoms with E-state index in [1.54, 1.807) is 0 Å². The fraction of sp³-hybridized carbons (Fsp3) is 0.444. The Hall–Kier alpha value is -1.30. The zero-order valence-corrected chi connectivity index (χ0v) is 9.66. The van der Waals surface area contributed by atoms with Crippen LogP contribution in [0.25, 0.3) is 11.0 Å². The van der Waals surface area contributed by atoms with Crippen molar-refractivity contribution in [3.8, 4) is 5.88 Å². The lowest BCUT2D eigenvalue weighted by Crippen LogP contribution is -2.22. The Bertz CT molecular complexity index is 515.